The zero-order valence-electron chi connectivity index (χ0n) is 13.1. The van der Waals surface area contributed by atoms with Crippen molar-refractivity contribution in [3.8, 4) is 0 Å². The van der Waals surface area contributed by atoms with Crippen molar-refractivity contribution in [3.63, 3.8) is 0 Å². The summed E-state index contributed by atoms with van der Waals surface area (Å²) in [5.74, 6) is 2.24. The molecule has 0 atom stereocenters. The van der Waals surface area contributed by atoms with E-state index in [0.717, 1.165) is 11.8 Å². The number of carbonyl (C=O) groups is 1. The highest BCUT2D eigenvalue weighted by atomic mass is 16.1. The van der Waals surface area contributed by atoms with Crippen LogP contribution in [0.5, 0.6) is 0 Å². The molecule has 100 valence electrons. The van der Waals surface area contributed by atoms with Crippen molar-refractivity contribution in [2.75, 3.05) is 0 Å². The van der Waals surface area contributed by atoms with Crippen molar-refractivity contribution in [2.45, 2.75) is 75.2 Å². The molecule has 0 fully saturated rings. The lowest BCUT2D eigenvalue weighted by Gasteiger charge is -1.90. The summed E-state index contributed by atoms with van der Waals surface area (Å²) in [6.07, 6.45) is 2.61. The van der Waals surface area contributed by atoms with Crippen molar-refractivity contribution in [1.29, 1.82) is 0 Å². The molecule has 1 heteroatoms. The van der Waals surface area contributed by atoms with Gasteiger partial charge in [-0.3, -0.25) is 4.79 Å². The van der Waals surface area contributed by atoms with Gasteiger partial charge in [0.2, 0.25) is 0 Å². The fourth-order valence-electron chi connectivity index (χ4n) is 0. The molecule has 0 spiro atoms. The van der Waals surface area contributed by atoms with E-state index in [4.69, 9.17) is 0 Å². The van der Waals surface area contributed by atoms with Crippen LogP contribution in [-0.2, 0) is 4.79 Å². The highest BCUT2D eigenvalue weighted by Gasteiger charge is 1.95. The van der Waals surface area contributed by atoms with Crippen LogP contribution in [0.25, 0.3) is 0 Å². The second-order valence-electron chi connectivity index (χ2n) is 5.37. The summed E-state index contributed by atoms with van der Waals surface area (Å²) in [5, 5.41) is 0. The lowest BCUT2D eigenvalue weighted by Crippen LogP contribution is -1.98. The fourth-order valence-corrected chi connectivity index (χ4v) is 0. The molecular formula is C15H34O. The van der Waals surface area contributed by atoms with Gasteiger partial charge in [0.15, 0.2) is 0 Å². The first-order valence-corrected chi connectivity index (χ1v) is 6.69. The molecule has 0 aliphatic carbocycles. The molecule has 0 bridgehead atoms. The van der Waals surface area contributed by atoms with E-state index in [1.165, 1.54) is 12.8 Å². The van der Waals surface area contributed by atoms with Gasteiger partial charge in [-0.25, -0.2) is 0 Å². The Hall–Kier alpha value is -0.330. The Bertz CT molecular complexity index is 126. The van der Waals surface area contributed by atoms with Crippen LogP contribution < -0.4 is 0 Å². The molecule has 16 heavy (non-hydrogen) atoms. The molecule has 0 aliphatic rings. The third-order valence-electron chi connectivity index (χ3n) is 2.45. The van der Waals surface area contributed by atoms with E-state index in [-0.39, 0.29) is 11.7 Å². The minimum atomic E-state index is 0.213. The van der Waals surface area contributed by atoms with Crippen molar-refractivity contribution in [3.05, 3.63) is 0 Å². The second-order valence-corrected chi connectivity index (χ2v) is 5.37. The SMILES string of the molecule is CC(=O)C(C)C.CCC(C)C.CCC(C)C. The maximum absolute atomic E-state index is 10.1. The number of rotatable bonds is 3. The Morgan fingerprint density at radius 3 is 0.938 bits per heavy atom. The van der Waals surface area contributed by atoms with Gasteiger partial charge in [0.05, 0.1) is 0 Å². The molecule has 0 amide bonds. The minimum Gasteiger partial charge on any atom is -0.300 e. The topological polar surface area (TPSA) is 17.1 Å². The summed E-state index contributed by atoms with van der Waals surface area (Å²) in [6.45, 7) is 18.7. The molecular weight excluding hydrogens is 196 g/mol. The van der Waals surface area contributed by atoms with Crippen LogP contribution in [-0.4, -0.2) is 5.78 Å². The number of hydrogen-bond donors (Lipinski definition) is 0. The average Bonchev–Trinajstić information content (AvgIpc) is 2.19. The first-order valence-electron chi connectivity index (χ1n) is 6.69. The average molecular weight is 230 g/mol. The smallest absolute Gasteiger partial charge is 0.132 e. The van der Waals surface area contributed by atoms with E-state index in [9.17, 15) is 4.79 Å². The van der Waals surface area contributed by atoms with Gasteiger partial charge < -0.3 is 0 Å². The zero-order chi connectivity index (χ0) is 13.7. The maximum atomic E-state index is 10.1. The molecule has 0 saturated heterocycles. The molecule has 0 N–H and O–H groups in total. The number of ketones is 1. The first kappa shape index (κ1) is 21.0. The van der Waals surface area contributed by atoms with Gasteiger partial charge in [0.25, 0.3) is 0 Å². The van der Waals surface area contributed by atoms with E-state index in [2.05, 4.69) is 41.5 Å². The van der Waals surface area contributed by atoms with Gasteiger partial charge in [-0.2, -0.15) is 0 Å². The molecule has 0 saturated carbocycles. The van der Waals surface area contributed by atoms with Crippen LogP contribution in [0.2, 0.25) is 0 Å². The van der Waals surface area contributed by atoms with Gasteiger partial charge in [0, 0.05) is 5.92 Å². The standard InChI is InChI=1S/C5H10O.2C5H12/c1-4(2)5(3)6;2*1-4-5(2)3/h4H,1-3H3;2*5H,4H2,1-3H3. The van der Waals surface area contributed by atoms with Crippen LogP contribution in [0.4, 0.5) is 0 Å². The van der Waals surface area contributed by atoms with Gasteiger partial charge in [-0.1, -0.05) is 68.2 Å². The molecule has 1 nitrogen and oxygen atoms in total. The minimum absolute atomic E-state index is 0.213. The Morgan fingerprint density at radius 2 is 0.938 bits per heavy atom. The summed E-state index contributed by atoms with van der Waals surface area (Å²) < 4.78 is 0. The van der Waals surface area contributed by atoms with Crippen LogP contribution >= 0.6 is 0 Å². The molecule has 0 rings (SSSR count). The highest BCUT2D eigenvalue weighted by Crippen LogP contribution is 1.94. The van der Waals surface area contributed by atoms with Gasteiger partial charge in [-0.15, -0.1) is 0 Å². The monoisotopic (exact) mass is 230 g/mol. The Balaban J connectivity index is -0.000000160. The summed E-state index contributed by atoms with van der Waals surface area (Å²) in [6, 6.07) is 0. The number of Topliss-reactive ketones (excluding diaryl/α,β-unsaturated/α-hetero) is 1. The van der Waals surface area contributed by atoms with E-state index < -0.39 is 0 Å². The Labute approximate surface area is 104 Å². The number of hydrogen-bond acceptors (Lipinski definition) is 1. The lowest BCUT2D eigenvalue weighted by atomic mass is 10.1. The summed E-state index contributed by atoms with van der Waals surface area (Å²) in [7, 11) is 0. The van der Waals surface area contributed by atoms with E-state index in [1.54, 1.807) is 6.92 Å². The fraction of sp³-hybridized carbons (Fsp3) is 0.933. The predicted octanol–water partition coefficient (Wildman–Crippen LogP) is 5.34. The van der Waals surface area contributed by atoms with Crippen molar-refractivity contribution < 1.29 is 4.79 Å². The third-order valence-corrected chi connectivity index (χ3v) is 2.45. The van der Waals surface area contributed by atoms with Crippen LogP contribution in [0.3, 0.4) is 0 Å². The van der Waals surface area contributed by atoms with Crippen LogP contribution in [0, 0.1) is 17.8 Å². The van der Waals surface area contributed by atoms with E-state index in [0.29, 0.717) is 0 Å². The molecule has 0 aromatic heterocycles. The summed E-state index contributed by atoms with van der Waals surface area (Å²) >= 11 is 0. The van der Waals surface area contributed by atoms with Crippen molar-refractivity contribution >= 4 is 5.78 Å². The Morgan fingerprint density at radius 1 is 0.812 bits per heavy atom. The van der Waals surface area contributed by atoms with E-state index >= 15 is 0 Å². The van der Waals surface area contributed by atoms with Gasteiger partial charge >= 0.3 is 0 Å². The summed E-state index contributed by atoms with van der Waals surface area (Å²) in [5.41, 5.74) is 0. The lowest BCUT2D eigenvalue weighted by molar-refractivity contribution is -0.119. The van der Waals surface area contributed by atoms with E-state index in [1.807, 2.05) is 13.8 Å². The maximum Gasteiger partial charge on any atom is 0.132 e. The predicted molar refractivity (Wildman–Crippen MR) is 75.8 cm³/mol. The largest absolute Gasteiger partial charge is 0.300 e. The van der Waals surface area contributed by atoms with Crippen molar-refractivity contribution in [1.82, 2.24) is 0 Å². The highest BCUT2D eigenvalue weighted by molar-refractivity contribution is 5.77. The summed E-state index contributed by atoms with van der Waals surface area (Å²) in [4.78, 5) is 10.1. The number of carbonyl (C=O) groups excluding carboxylic acids is 1. The van der Waals surface area contributed by atoms with Gasteiger partial charge in [0.1, 0.15) is 5.78 Å². The molecule has 0 unspecified atom stereocenters. The molecule has 0 radical (unpaired) electrons. The molecule has 0 aromatic carbocycles. The van der Waals surface area contributed by atoms with Crippen LogP contribution in [0.15, 0.2) is 0 Å². The molecule has 0 aromatic rings. The quantitative estimate of drug-likeness (QED) is 0.640. The third kappa shape index (κ3) is 37.3. The second kappa shape index (κ2) is 14.7. The van der Waals surface area contributed by atoms with Gasteiger partial charge in [-0.05, 0) is 18.8 Å². The normalized spacial score (nSPS) is 9.50. The van der Waals surface area contributed by atoms with Crippen molar-refractivity contribution in [2.24, 2.45) is 17.8 Å². The molecule has 0 aliphatic heterocycles. The first-order chi connectivity index (χ1) is 7.18. The molecule has 0 heterocycles. The zero-order valence-corrected chi connectivity index (χ0v) is 13.1. The van der Waals surface area contributed by atoms with Crippen LogP contribution in [0.1, 0.15) is 75.2 Å². The Kier molecular flexibility index (Phi) is 19.3.